The lowest BCUT2D eigenvalue weighted by Gasteiger charge is -2.20. The summed E-state index contributed by atoms with van der Waals surface area (Å²) in [4.78, 5) is 0. The van der Waals surface area contributed by atoms with Crippen molar-refractivity contribution in [2.45, 2.75) is 26.3 Å². The van der Waals surface area contributed by atoms with Gasteiger partial charge in [-0.15, -0.1) is 0 Å². The molecule has 0 spiro atoms. The van der Waals surface area contributed by atoms with Gasteiger partial charge in [-0.25, -0.2) is 0 Å². The summed E-state index contributed by atoms with van der Waals surface area (Å²) in [7, 11) is 2.00. The SMILES string of the molecule is CCCOc1ccc(C(NC)c2cccc(C)c2I)cc1. The molecule has 0 aliphatic heterocycles. The predicted molar refractivity (Wildman–Crippen MR) is 97.0 cm³/mol. The molecule has 1 unspecified atom stereocenters. The van der Waals surface area contributed by atoms with Gasteiger partial charge < -0.3 is 10.1 Å². The van der Waals surface area contributed by atoms with Gasteiger partial charge in [0, 0.05) is 3.57 Å². The number of rotatable bonds is 6. The molecule has 0 saturated heterocycles. The first-order valence-corrected chi connectivity index (χ1v) is 8.40. The van der Waals surface area contributed by atoms with Crippen LogP contribution in [-0.4, -0.2) is 13.7 Å². The Morgan fingerprint density at radius 2 is 1.86 bits per heavy atom. The first-order chi connectivity index (χ1) is 10.2. The predicted octanol–water partition coefficient (Wildman–Crippen LogP) is 4.70. The molecule has 0 amide bonds. The molecule has 1 N–H and O–H groups in total. The zero-order valence-electron chi connectivity index (χ0n) is 12.8. The molecule has 112 valence electrons. The highest BCUT2D eigenvalue weighted by Gasteiger charge is 2.15. The van der Waals surface area contributed by atoms with Crippen LogP contribution in [0.4, 0.5) is 0 Å². The third kappa shape index (κ3) is 3.98. The molecule has 0 saturated carbocycles. The summed E-state index contributed by atoms with van der Waals surface area (Å²) < 4.78 is 6.97. The van der Waals surface area contributed by atoms with Crippen LogP contribution in [0.15, 0.2) is 42.5 Å². The molecule has 2 aromatic carbocycles. The molecule has 0 bridgehead atoms. The molecule has 2 aromatic rings. The van der Waals surface area contributed by atoms with Crippen LogP contribution in [0.3, 0.4) is 0 Å². The van der Waals surface area contributed by atoms with Crippen molar-refractivity contribution in [2.24, 2.45) is 0 Å². The second kappa shape index (κ2) is 7.80. The Balaban J connectivity index is 2.27. The van der Waals surface area contributed by atoms with E-state index in [1.54, 1.807) is 0 Å². The van der Waals surface area contributed by atoms with Crippen LogP contribution in [0.25, 0.3) is 0 Å². The van der Waals surface area contributed by atoms with E-state index in [0.29, 0.717) is 0 Å². The Kier molecular flexibility index (Phi) is 6.06. The van der Waals surface area contributed by atoms with Crippen molar-refractivity contribution in [3.63, 3.8) is 0 Å². The Hall–Kier alpha value is -1.07. The summed E-state index contributed by atoms with van der Waals surface area (Å²) in [5, 5.41) is 3.42. The van der Waals surface area contributed by atoms with Gasteiger partial charge in [-0.1, -0.05) is 37.3 Å². The molecule has 0 heterocycles. The van der Waals surface area contributed by atoms with Gasteiger partial charge in [-0.2, -0.15) is 0 Å². The Labute approximate surface area is 141 Å². The Bertz CT molecular complexity index is 580. The van der Waals surface area contributed by atoms with Gasteiger partial charge >= 0.3 is 0 Å². The van der Waals surface area contributed by atoms with E-state index in [4.69, 9.17) is 4.74 Å². The summed E-state index contributed by atoms with van der Waals surface area (Å²) in [5.41, 5.74) is 3.89. The van der Waals surface area contributed by atoms with Crippen LogP contribution in [0.5, 0.6) is 5.75 Å². The highest BCUT2D eigenvalue weighted by atomic mass is 127. The number of halogens is 1. The van der Waals surface area contributed by atoms with Crippen molar-refractivity contribution < 1.29 is 4.74 Å². The van der Waals surface area contributed by atoms with Crippen molar-refractivity contribution in [1.29, 1.82) is 0 Å². The summed E-state index contributed by atoms with van der Waals surface area (Å²) in [6, 6.07) is 15.1. The molecule has 0 fully saturated rings. The molecule has 0 radical (unpaired) electrons. The Morgan fingerprint density at radius 1 is 1.14 bits per heavy atom. The van der Waals surface area contributed by atoms with E-state index in [-0.39, 0.29) is 6.04 Å². The summed E-state index contributed by atoms with van der Waals surface area (Å²) >= 11 is 2.43. The first kappa shape index (κ1) is 16.3. The third-order valence-electron chi connectivity index (χ3n) is 3.51. The van der Waals surface area contributed by atoms with E-state index in [0.717, 1.165) is 18.8 Å². The van der Waals surface area contributed by atoms with Crippen LogP contribution in [-0.2, 0) is 0 Å². The number of aryl methyl sites for hydroxylation is 1. The lowest BCUT2D eigenvalue weighted by Crippen LogP contribution is -2.19. The minimum atomic E-state index is 0.206. The van der Waals surface area contributed by atoms with Crippen molar-refractivity contribution in [3.8, 4) is 5.75 Å². The molecular formula is C18H22INO. The van der Waals surface area contributed by atoms with E-state index in [1.807, 2.05) is 7.05 Å². The number of benzene rings is 2. The molecule has 2 rings (SSSR count). The largest absolute Gasteiger partial charge is 0.494 e. The monoisotopic (exact) mass is 395 g/mol. The van der Waals surface area contributed by atoms with Gasteiger partial charge in [0.05, 0.1) is 12.6 Å². The minimum absolute atomic E-state index is 0.206. The Morgan fingerprint density at radius 3 is 2.48 bits per heavy atom. The maximum absolute atomic E-state index is 5.65. The second-order valence-electron chi connectivity index (χ2n) is 5.12. The average molecular weight is 395 g/mol. The van der Waals surface area contributed by atoms with Crippen molar-refractivity contribution in [3.05, 3.63) is 62.7 Å². The molecule has 1 atom stereocenters. The van der Waals surface area contributed by atoms with E-state index < -0.39 is 0 Å². The standard InChI is InChI=1S/C18H22INO/c1-4-12-21-15-10-8-14(9-11-15)18(20-3)16-7-5-6-13(2)17(16)19/h5-11,18,20H,4,12H2,1-3H3. The highest BCUT2D eigenvalue weighted by molar-refractivity contribution is 14.1. The van der Waals surface area contributed by atoms with Gasteiger partial charge in [0.1, 0.15) is 5.75 Å². The summed E-state index contributed by atoms with van der Waals surface area (Å²) in [6.45, 7) is 5.04. The van der Waals surface area contributed by atoms with Crippen LogP contribution >= 0.6 is 22.6 Å². The third-order valence-corrected chi connectivity index (χ3v) is 4.98. The highest BCUT2D eigenvalue weighted by Crippen LogP contribution is 2.28. The summed E-state index contributed by atoms with van der Waals surface area (Å²) in [5.74, 6) is 0.939. The first-order valence-electron chi connectivity index (χ1n) is 7.32. The number of ether oxygens (including phenoxy) is 1. The van der Waals surface area contributed by atoms with Crippen LogP contribution < -0.4 is 10.1 Å². The molecule has 2 nitrogen and oxygen atoms in total. The molecule has 21 heavy (non-hydrogen) atoms. The molecule has 0 aliphatic rings. The van der Waals surface area contributed by atoms with Gasteiger partial charge in [0.25, 0.3) is 0 Å². The maximum Gasteiger partial charge on any atom is 0.119 e. The quantitative estimate of drug-likeness (QED) is 0.717. The van der Waals surface area contributed by atoms with Crippen molar-refractivity contribution in [1.82, 2.24) is 5.32 Å². The van der Waals surface area contributed by atoms with Gasteiger partial charge in [0.15, 0.2) is 0 Å². The minimum Gasteiger partial charge on any atom is -0.494 e. The lowest BCUT2D eigenvalue weighted by molar-refractivity contribution is 0.317. The van der Waals surface area contributed by atoms with E-state index in [9.17, 15) is 0 Å². The fourth-order valence-corrected chi connectivity index (χ4v) is 3.04. The summed E-state index contributed by atoms with van der Waals surface area (Å²) in [6.07, 6.45) is 1.03. The second-order valence-corrected chi connectivity index (χ2v) is 6.20. The smallest absolute Gasteiger partial charge is 0.119 e. The molecular weight excluding hydrogens is 373 g/mol. The lowest BCUT2D eigenvalue weighted by atomic mass is 9.97. The normalized spacial score (nSPS) is 12.2. The van der Waals surface area contributed by atoms with Crippen molar-refractivity contribution in [2.75, 3.05) is 13.7 Å². The van der Waals surface area contributed by atoms with E-state index in [1.165, 1.54) is 20.3 Å². The van der Waals surface area contributed by atoms with E-state index in [2.05, 4.69) is 84.2 Å². The van der Waals surface area contributed by atoms with Crippen LogP contribution in [0, 0.1) is 10.5 Å². The zero-order chi connectivity index (χ0) is 15.2. The number of hydrogen-bond acceptors (Lipinski definition) is 2. The molecule has 3 heteroatoms. The molecule has 0 aliphatic carbocycles. The number of nitrogens with one attached hydrogen (secondary N) is 1. The van der Waals surface area contributed by atoms with Crippen molar-refractivity contribution >= 4 is 22.6 Å². The molecule has 0 aromatic heterocycles. The van der Waals surface area contributed by atoms with Gasteiger partial charge in [0.2, 0.25) is 0 Å². The fourth-order valence-electron chi connectivity index (χ4n) is 2.37. The van der Waals surface area contributed by atoms with Gasteiger partial charge in [-0.05, 0) is 71.8 Å². The fraction of sp³-hybridized carbons (Fsp3) is 0.333. The van der Waals surface area contributed by atoms with Crippen LogP contribution in [0.2, 0.25) is 0 Å². The average Bonchev–Trinajstić information content (AvgIpc) is 2.51. The maximum atomic E-state index is 5.65. The zero-order valence-corrected chi connectivity index (χ0v) is 15.0. The van der Waals surface area contributed by atoms with E-state index >= 15 is 0 Å². The number of hydrogen-bond donors (Lipinski definition) is 1. The topological polar surface area (TPSA) is 21.3 Å². The van der Waals surface area contributed by atoms with Gasteiger partial charge in [-0.3, -0.25) is 0 Å². The van der Waals surface area contributed by atoms with Crippen LogP contribution in [0.1, 0.15) is 36.1 Å².